The molecule has 1 fully saturated rings. The molecule has 0 spiro atoms. The Labute approximate surface area is 196 Å². The van der Waals surface area contributed by atoms with Gasteiger partial charge in [-0.1, -0.05) is 24.3 Å². The highest BCUT2D eigenvalue weighted by Crippen LogP contribution is 2.23. The molecule has 164 valence electrons. The van der Waals surface area contributed by atoms with Gasteiger partial charge in [0.2, 0.25) is 10.0 Å². The zero-order chi connectivity index (χ0) is 20.5. The molecule has 9 heteroatoms. The first-order valence-corrected chi connectivity index (χ1v) is 11.5. The molecule has 0 bridgehead atoms. The van der Waals surface area contributed by atoms with E-state index in [1.54, 1.807) is 34.8 Å². The van der Waals surface area contributed by atoms with Gasteiger partial charge in [-0.05, 0) is 49.9 Å². The molecule has 0 radical (unpaired) electrons. The molecule has 1 aliphatic heterocycles. The molecule has 30 heavy (non-hydrogen) atoms. The van der Waals surface area contributed by atoms with Crippen LogP contribution in [-0.4, -0.2) is 49.8 Å². The van der Waals surface area contributed by atoms with Crippen molar-refractivity contribution in [3.8, 4) is 0 Å². The van der Waals surface area contributed by atoms with Crippen LogP contribution >= 0.6 is 24.0 Å². The minimum Gasteiger partial charge on any atom is -0.357 e. The van der Waals surface area contributed by atoms with Crippen molar-refractivity contribution >= 4 is 40.0 Å². The molecule has 3 rings (SSSR count). The number of nitrogens with zero attached hydrogens (tertiary/aromatic N) is 3. The molecule has 0 atom stereocenters. The molecule has 2 aromatic rings. The number of sulfonamides is 1. The normalized spacial score (nSPS) is 16.0. The molecule has 2 N–H and O–H groups in total. The molecular weight excluding hydrogens is 513 g/mol. The molecule has 1 aromatic carbocycles. The number of aliphatic imine (C=N–C) groups is 1. The lowest BCUT2D eigenvalue weighted by Gasteiger charge is -2.31. The zero-order valence-corrected chi connectivity index (χ0v) is 20.3. The summed E-state index contributed by atoms with van der Waals surface area (Å²) in [6, 6.07) is 14.5. The van der Waals surface area contributed by atoms with E-state index < -0.39 is 10.0 Å². The lowest BCUT2D eigenvalue weighted by molar-refractivity contribution is 0.273. The summed E-state index contributed by atoms with van der Waals surface area (Å²) in [5.74, 6) is 1.17. The van der Waals surface area contributed by atoms with Gasteiger partial charge in [-0.3, -0.25) is 4.98 Å². The minimum absolute atomic E-state index is 0. The smallest absolute Gasteiger partial charge is 0.243 e. The Bertz CT molecular complexity index is 886. The predicted molar refractivity (Wildman–Crippen MR) is 130 cm³/mol. The van der Waals surface area contributed by atoms with Crippen molar-refractivity contribution in [3.05, 3.63) is 60.4 Å². The number of hydrogen-bond donors (Lipinski definition) is 2. The van der Waals surface area contributed by atoms with Gasteiger partial charge in [-0.25, -0.2) is 13.4 Å². The van der Waals surface area contributed by atoms with Crippen molar-refractivity contribution in [2.45, 2.75) is 31.2 Å². The van der Waals surface area contributed by atoms with Crippen LogP contribution in [0.3, 0.4) is 0 Å². The average molecular weight is 543 g/mol. The first kappa shape index (κ1) is 24.5. The fourth-order valence-electron chi connectivity index (χ4n) is 3.33. The van der Waals surface area contributed by atoms with Gasteiger partial charge < -0.3 is 10.6 Å². The summed E-state index contributed by atoms with van der Waals surface area (Å²) in [7, 11) is -3.39. The molecule has 0 amide bonds. The minimum atomic E-state index is -3.39. The van der Waals surface area contributed by atoms with Gasteiger partial charge in [-0.15, -0.1) is 24.0 Å². The number of aromatic nitrogens is 1. The second-order valence-corrected chi connectivity index (χ2v) is 9.00. The maximum Gasteiger partial charge on any atom is 0.243 e. The highest BCUT2D eigenvalue weighted by molar-refractivity contribution is 14.0. The summed E-state index contributed by atoms with van der Waals surface area (Å²) < 4.78 is 27.1. The monoisotopic (exact) mass is 543 g/mol. The summed E-state index contributed by atoms with van der Waals surface area (Å²) in [5.41, 5.74) is 0.920. The number of rotatable bonds is 7. The first-order valence-electron chi connectivity index (χ1n) is 10.1. The van der Waals surface area contributed by atoms with Crippen molar-refractivity contribution in [2.24, 2.45) is 10.9 Å². The molecular formula is C21H30IN5O2S. The van der Waals surface area contributed by atoms with Crippen LogP contribution in [0.2, 0.25) is 0 Å². The number of guanidine groups is 1. The molecule has 1 aromatic heterocycles. The van der Waals surface area contributed by atoms with Crippen molar-refractivity contribution in [2.75, 3.05) is 26.2 Å². The van der Waals surface area contributed by atoms with E-state index in [1.807, 2.05) is 31.2 Å². The Kier molecular flexibility index (Phi) is 9.99. The SMILES string of the molecule is CCNC(=NCc1ccccn1)NCC1CCN(S(=O)(=O)c2ccccc2)CC1.I. The number of pyridine rings is 1. The van der Waals surface area contributed by atoms with Gasteiger partial charge in [-0.2, -0.15) is 4.31 Å². The standard InChI is InChI=1S/C21H29N5O2S.HI/c1-2-22-21(25-17-19-8-6-7-13-23-19)24-16-18-11-14-26(15-12-18)29(27,28)20-9-4-3-5-10-20;/h3-10,13,18H,2,11-12,14-17H2,1H3,(H2,22,24,25);1H. The van der Waals surface area contributed by atoms with Crippen LogP contribution in [0.15, 0.2) is 64.6 Å². The Hall–Kier alpha value is -1.72. The van der Waals surface area contributed by atoms with E-state index in [-0.39, 0.29) is 24.0 Å². The fraction of sp³-hybridized carbons (Fsp3) is 0.429. The maximum absolute atomic E-state index is 12.7. The Morgan fingerprint density at radius 1 is 1.10 bits per heavy atom. The number of nitrogens with one attached hydrogen (secondary N) is 2. The number of piperidine rings is 1. The van der Waals surface area contributed by atoms with E-state index in [1.165, 1.54) is 0 Å². The quantitative estimate of drug-likeness (QED) is 0.319. The Morgan fingerprint density at radius 2 is 1.80 bits per heavy atom. The van der Waals surface area contributed by atoms with E-state index in [9.17, 15) is 8.42 Å². The second-order valence-electron chi connectivity index (χ2n) is 7.06. The third-order valence-electron chi connectivity index (χ3n) is 4.98. The highest BCUT2D eigenvalue weighted by atomic mass is 127. The van der Waals surface area contributed by atoms with Gasteiger partial charge >= 0.3 is 0 Å². The second kappa shape index (κ2) is 12.2. The summed E-state index contributed by atoms with van der Waals surface area (Å²) >= 11 is 0. The van der Waals surface area contributed by atoms with E-state index >= 15 is 0 Å². The molecule has 1 saturated heterocycles. The van der Waals surface area contributed by atoms with Gasteiger partial charge in [0.1, 0.15) is 0 Å². The van der Waals surface area contributed by atoms with Crippen LogP contribution in [0.1, 0.15) is 25.5 Å². The van der Waals surface area contributed by atoms with Crippen LogP contribution in [0, 0.1) is 5.92 Å². The van der Waals surface area contributed by atoms with E-state index in [2.05, 4.69) is 20.6 Å². The molecule has 7 nitrogen and oxygen atoms in total. The van der Waals surface area contributed by atoms with E-state index in [4.69, 9.17) is 0 Å². The van der Waals surface area contributed by atoms with Crippen LogP contribution in [0.5, 0.6) is 0 Å². The van der Waals surface area contributed by atoms with Crippen molar-refractivity contribution in [1.29, 1.82) is 0 Å². The fourth-order valence-corrected chi connectivity index (χ4v) is 4.82. The topological polar surface area (TPSA) is 86.7 Å². The van der Waals surface area contributed by atoms with E-state index in [0.29, 0.717) is 30.4 Å². The maximum atomic E-state index is 12.7. The van der Waals surface area contributed by atoms with Crippen LogP contribution in [0.25, 0.3) is 0 Å². The zero-order valence-electron chi connectivity index (χ0n) is 17.2. The summed E-state index contributed by atoms with van der Waals surface area (Å²) in [6.45, 7) is 5.19. The van der Waals surface area contributed by atoms with Crippen molar-refractivity contribution in [3.63, 3.8) is 0 Å². The molecule has 1 aliphatic rings. The predicted octanol–water partition coefficient (Wildman–Crippen LogP) is 2.86. The molecule has 2 heterocycles. The summed E-state index contributed by atoms with van der Waals surface area (Å²) in [5, 5.41) is 6.64. The van der Waals surface area contributed by atoms with Gasteiger partial charge in [0.25, 0.3) is 0 Å². The lowest BCUT2D eigenvalue weighted by Crippen LogP contribution is -2.44. The van der Waals surface area contributed by atoms with Crippen LogP contribution in [0.4, 0.5) is 0 Å². The van der Waals surface area contributed by atoms with Gasteiger partial charge in [0, 0.05) is 32.4 Å². The third-order valence-corrected chi connectivity index (χ3v) is 6.90. The number of halogens is 1. The van der Waals surface area contributed by atoms with Crippen molar-refractivity contribution < 1.29 is 8.42 Å². The summed E-state index contributed by atoms with van der Waals surface area (Å²) in [4.78, 5) is 9.25. The molecule has 0 unspecified atom stereocenters. The largest absolute Gasteiger partial charge is 0.357 e. The number of hydrogen-bond acceptors (Lipinski definition) is 4. The van der Waals surface area contributed by atoms with Gasteiger partial charge in [0.15, 0.2) is 5.96 Å². The molecule has 0 aliphatic carbocycles. The summed E-state index contributed by atoms with van der Waals surface area (Å²) in [6.07, 6.45) is 3.43. The average Bonchev–Trinajstić information content (AvgIpc) is 2.77. The Balaban J connectivity index is 0.00000320. The number of benzene rings is 1. The molecule has 0 saturated carbocycles. The van der Waals surface area contributed by atoms with Gasteiger partial charge in [0.05, 0.1) is 17.1 Å². The third kappa shape index (κ3) is 6.92. The lowest BCUT2D eigenvalue weighted by atomic mass is 9.98. The Morgan fingerprint density at radius 3 is 2.43 bits per heavy atom. The van der Waals surface area contributed by atoms with E-state index in [0.717, 1.165) is 37.6 Å². The van der Waals surface area contributed by atoms with Crippen LogP contribution in [-0.2, 0) is 16.6 Å². The highest BCUT2D eigenvalue weighted by Gasteiger charge is 2.29. The van der Waals surface area contributed by atoms with Crippen molar-refractivity contribution in [1.82, 2.24) is 19.9 Å². The first-order chi connectivity index (χ1) is 14.1. The van der Waals surface area contributed by atoms with Crippen LogP contribution < -0.4 is 10.6 Å².